The fourth-order valence-corrected chi connectivity index (χ4v) is 1.22. The van der Waals surface area contributed by atoms with Crippen molar-refractivity contribution >= 4 is 11.6 Å². The highest BCUT2D eigenvalue weighted by atomic mass is 16.5. The zero-order valence-electron chi connectivity index (χ0n) is 8.83. The number of carbonyl (C=O) groups is 1. The van der Waals surface area contributed by atoms with E-state index < -0.39 is 5.91 Å². The predicted octanol–water partition coefficient (Wildman–Crippen LogP) is 0.950. The van der Waals surface area contributed by atoms with Crippen molar-refractivity contribution in [3.05, 3.63) is 42.4 Å². The monoisotopic (exact) mass is 230 g/mol. The second-order valence-corrected chi connectivity index (χ2v) is 3.25. The fourth-order valence-electron chi connectivity index (χ4n) is 1.22. The van der Waals surface area contributed by atoms with E-state index in [1.165, 1.54) is 12.4 Å². The molecule has 0 saturated heterocycles. The number of nitrogens with two attached hydrogens (primary N) is 2. The molecule has 0 aliphatic heterocycles. The zero-order chi connectivity index (χ0) is 12.3. The molecule has 0 unspecified atom stereocenters. The van der Waals surface area contributed by atoms with Crippen LogP contribution in [0.4, 0.5) is 5.69 Å². The van der Waals surface area contributed by atoms with E-state index in [0.29, 0.717) is 11.4 Å². The first-order chi connectivity index (χ1) is 8.16. The number of primary amides is 1. The van der Waals surface area contributed by atoms with Gasteiger partial charge in [0.05, 0.1) is 0 Å². The van der Waals surface area contributed by atoms with Gasteiger partial charge in [-0.1, -0.05) is 0 Å². The van der Waals surface area contributed by atoms with Crippen molar-refractivity contribution in [1.29, 1.82) is 0 Å². The molecule has 6 nitrogen and oxygen atoms in total. The lowest BCUT2D eigenvalue weighted by Gasteiger charge is -2.06. The van der Waals surface area contributed by atoms with Crippen molar-refractivity contribution in [2.45, 2.75) is 0 Å². The lowest BCUT2D eigenvalue weighted by Crippen LogP contribution is -2.14. The third-order valence-electron chi connectivity index (χ3n) is 1.99. The summed E-state index contributed by atoms with van der Waals surface area (Å²) in [6.45, 7) is 0. The van der Waals surface area contributed by atoms with Gasteiger partial charge in [-0.2, -0.15) is 0 Å². The summed E-state index contributed by atoms with van der Waals surface area (Å²) in [4.78, 5) is 18.8. The number of carbonyl (C=O) groups excluding carboxylic acids is 1. The molecule has 4 N–H and O–H groups in total. The molecule has 1 aromatic carbocycles. The molecule has 0 aliphatic rings. The molecule has 0 spiro atoms. The summed E-state index contributed by atoms with van der Waals surface area (Å²) in [6.07, 6.45) is 2.79. The number of nitrogens with zero attached hydrogens (tertiary/aromatic N) is 2. The average Bonchev–Trinajstić information content (AvgIpc) is 2.32. The lowest BCUT2D eigenvalue weighted by atomic mass is 10.3. The molecular weight excluding hydrogens is 220 g/mol. The van der Waals surface area contributed by atoms with E-state index in [9.17, 15) is 4.79 Å². The van der Waals surface area contributed by atoms with E-state index in [-0.39, 0.29) is 11.6 Å². The molecule has 0 saturated carbocycles. The Bertz CT molecular complexity index is 539. The van der Waals surface area contributed by atoms with Crippen LogP contribution in [0, 0.1) is 0 Å². The first-order valence-electron chi connectivity index (χ1n) is 4.81. The second kappa shape index (κ2) is 4.48. The average molecular weight is 230 g/mol. The summed E-state index contributed by atoms with van der Waals surface area (Å²) < 4.78 is 5.40. The molecule has 17 heavy (non-hydrogen) atoms. The van der Waals surface area contributed by atoms with Gasteiger partial charge in [0.1, 0.15) is 5.75 Å². The molecule has 86 valence electrons. The van der Waals surface area contributed by atoms with Crippen LogP contribution >= 0.6 is 0 Å². The minimum absolute atomic E-state index is 0.00988. The molecule has 0 atom stereocenters. The Hall–Kier alpha value is -2.63. The number of ether oxygens (including phenoxy) is 1. The van der Waals surface area contributed by atoms with Crippen molar-refractivity contribution in [3.63, 3.8) is 0 Å². The van der Waals surface area contributed by atoms with Crippen molar-refractivity contribution in [1.82, 2.24) is 9.97 Å². The van der Waals surface area contributed by atoms with Crippen LogP contribution in [0.3, 0.4) is 0 Å². The first kappa shape index (κ1) is 10.9. The van der Waals surface area contributed by atoms with E-state index in [2.05, 4.69) is 9.97 Å². The van der Waals surface area contributed by atoms with Gasteiger partial charge in [0, 0.05) is 18.1 Å². The van der Waals surface area contributed by atoms with E-state index >= 15 is 0 Å². The van der Waals surface area contributed by atoms with Gasteiger partial charge in [0.2, 0.25) is 0 Å². The summed E-state index contributed by atoms with van der Waals surface area (Å²) in [6, 6.07) is 6.68. The quantitative estimate of drug-likeness (QED) is 0.764. The van der Waals surface area contributed by atoms with Crippen molar-refractivity contribution in [3.8, 4) is 11.6 Å². The van der Waals surface area contributed by atoms with Gasteiger partial charge in [-0.15, -0.1) is 0 Å². The molecule has 1 aromatic heterocycles. The smallest absolute Gasteiger partial charge is 0.272 e. The molecule has 0 fully saturated rings. The topological polar surface area (TPSA) is 104 Å². The number of amides is 1. The molecule has 6 heteroatoms. The van der Waals surface area contributed by atoms with Crippen LogP contribution in [-0.4, -0.2) is 15.9 Å². The number of hydrogen-bond donors (Lipinski definition) is 2. The van der Waals surface area contributed by atoms with Crippen LogP contribution in [0.15, 0.2) is 36.7 Å². The maximum atomic E-state index is 11.1. The van der Waals surface area contributed by atoms with Crippen molar-refractivity contribution in [2.24, 2.45) is 5.73 Å². The fraction of sp³-hybridized carbons (Fsp3) is 0. The minimum atomic E-state index is -0.691. The van der Waals surface area contributed by atoms with Gasteiger partial charge in [-0.05, 0) is 24.3 Å². The Balaban J connectivity index is 2.30. The Morgan fingerprint density at radius 3 is 2.41 bits per heavy atom. The molecule has 1 amide bonds. The number of aromatic nitrogens is 2. The number of nitrogen functional groups attached to an aromatic ring is 1. The molecule has 1 heterocycles. The van der Waals surface area contributed by atoms with Crippen molar-refractivity contribution in [2.75, 3.05) is 5.73 Å². The maximum absolute atomic E-state index is 11.1. The van der Waals surface area contributed by atoms with Crippen LogP contribution in [0.2, 0.25) is 0 Å². The number of benzene rings is 1. The summed E-state index contributed by atoms with van der Waals surface area (Å²) in [7, 11) is 0. The molecule has 0 bridgehead atoms. The standard InChI is InChI=1S/C11H10N4O2/c12-7-1-3-8(4-2-7)17-11-9(10(13)16)14-5-6-15-11/h1-6H,12H2,(H2,13,16). The van der Waals surface area contributed by atoms with Crippen molar-refractivity contribution < 1.29 is 9.53 Å². The molecule has 0 aliphatic carbocycles. The molecule has 2 aromatic rings. The first-order valence-corrected chi connectivity index (χ1v) is 4.81. The highest BCUT2D eigenvalue weighted by Gasteiger charge is 2.12. The van der Waals surface area contributed by atoms with E-state index in [1.807, 2.05) is 0 Å². The lowest BCUT2D eigenvalue weighted by molar-refractivity contribution is 0.0992. The second-order valence-electron chi connectivity index (χ2n) is 3.25. The molecule has 0 radical (unpaired) electrons. The molecular formula is C11H10N4O2. The minimum Gasteiger partial charge on any atom is -0.437 e. The van der Waals surface area contributed by atoms with Crippen LogP contribution in [0.1, 0.15) is 10.5 Å². The van der Waals surface area contributed by atoms with Gasteiger partial charge < -0.3 is 16.2 Å². The third-order valence-corrected chi connectivity index (χ3v) is 1.99. The highest BCUT2D eigenvalue weighted by Crippen LogP contribution is 2.21. The number of anilines is 1. The summed E-state index contributed by atoms with van der Waals surface area (Å²) in [5.41, 5.74) is 11.3. The summed E-state index contributed by atoms with van der Waals surface area (Å²) >= 11 is 0. The van der Waals surface area contributed by atoms with Crippen LogP contribution in [0.25, 0.3) is 0 Å². The SMILES string of the molecule is NC(=O)c1nccnc1Oc1ccc(N)cc1. The number of hydrogen-bond acceptors (Lipinski definition) is 5. The van der Waals surface area contributed by atoms with Gasteiger partial charge in [0.25, 0.3) is 11.8 Å². The Labute approximate surface area is 97.2 Å². The Morgan fingerprint density at radius 1 is 1.12 bits per heavy atom. The number of rotatable bonds is 3. The summed E-state index contributed by atoms with van der Waals surface area (Å²) in [5, 5.41) is 0. The Kier molecular flexibility index (Phi) is 2.87. The predicted molar refractivity (Wildman–Crippen MR) is 61.5 cm³/mol. The normalized spacial score (nSPS) is 9.88. The van der Waals surface area contributed by atoms with Gasteiger partial charge in [-0.3, -0.25) is 4.79 Å². The highest BCUT2D eigenvalue weighted by molar-refractivity contribution is 5.92. The van der Waals surface area contributed by atoms with Crippen LogP contribution in [0.5, 0.6) is 11.6 Å². The van der Waals surface area contributed by atoms with Gasteiger partial charge in [-0.25, -0.2) is 9.97 Å². The summed E-state index contributed by atoms with van der Waals surface area (Å²) in [5.74, 6) is -0.115. The van der Waals surface area contributed by atoms with E-state index in [4.69, 9.17) is 16.2 Å². The Morgan fingerprint density at radius 2 is 1.76 bits per heavy atom. The largest absolute Gasteiger partial charge is 0.437 e. The molecule has 2 rings (SSSR count). The van der Waals surface area contributed by atoms with Crippen LogP contribution in [-0.2, 0) is 0 Å². The van der Waals surface area contributed by atoms with E-state index in [0.717, 1.165) is 0 Å². The van der Waals surface area contributed by atoms with Gasteiger partial charge in [0.15, 0.2) is 5.69 Å². The van der Waals surface area contributed by atoms with Gasteiger partial charge >= 0.3 is 0 Å². The van der Waals surface area contributed by atoms with Crippen LogP contribution < -0.4 is 16.2 Å². The zero-order valence-corrected chi connectivity index (χ0v) is 8.83. The van der Waals surface area contributed by atoms with E-state index in [1.54, 1.807) is 24.3 Å². The third kappa shape index (κ3) is 2.49. The maximum Gasteiger partial charge on any atom is 0.272 e.